The van der Waals surface area contributed by atoms with Crippen LogP contribution in [0, 0.1) is 0 Å². The van der Waals surface area contributed by atoms with Crippen molar-refractivity contribution in [1.29, 1.82) is 0 Å². The quantitative estimate of drug-likeness (QED) is 0.679. The van der Waals surface area contributed by atoms with Crippen LogP contribution in [-0.2, 0) is 4.28 Å². The lowest BCUT2D eigenvalue weighted by Crippen LogP contribution is -2.00. The van der Waals surface area contributed by atoms with Gasteiger partial charge in [0.2, 0.25) is 0 Å². The van der Waals surface area contributed by atoms with Gasteiger partial charge in [0, 0.05) is 42.8 Å². The molecule has 21 heavy (non-hydrogen) atoms. The number of pyridine rings is 2. The zero-order chi connectivity index (χ0) is 14.2. The Kier molecular flexibility index (Phi) is 2.90. The molecule has 0 saturated carbocycles. The first-order valence-corrected chi connectivity index (χ1v) is 7.22. The number of hydroxylamine groups is 2. The minimum Gasteiger partial charge on any atom is -0.300 e. The molecule has 4 rings (SSSR count). The minimum absolute atomic E-state index is 0.875. The van der Waals surface area contributed by atoms with Crippen molar-refractivity contribution in [3.8, 4) is 5.82 Å². The SMILES string of the molecule is CN1C=C(c2ccc(-n3ccc4ccncc43)nc2)SO1. The van der Waals surface area contributed by atoms with Crippen LogP contribution in [0.5, 0.6) is 0 Å². The molecule has 3 aromatic rings. The Labute approximate surface area is 126 Å². The van der Waals surface area contributed by atoms with Crippen molar-refractivity contribution in [2.75, 3.05) is 7.05 Å². The van der Waals surface area contributed by atoms with Crippen LogP contribution in [0.1, 0.15) is 5.56 Å². The molecule has 0 aliphatic carbocycles. The van der Waals surface area contributed by atoms with E-state index in [0.29, 0.717) is 0 Å². The standard InChI is InChI=1S/C15H12N4OS/c1-18-10-14(21-20-18)12-2-3-15(17-8-12)19-7-5-11-4-6-16-9-13(11)19/h2-10H,1H3. The summed E-state index contributed by atoms with van der Waals surface area (Å²) in [6.45, 7) is 0. The lowest BCUT2D eigenvalue weighted by atomic mass is 10.2. The molecule has 0 fully saturated rings. The molecule has 0 unspecified atom stereocenters. The van der Waals surface area contributed by atoms with Crippen LogP contribution < -0.4 is 0 Å². The summed E-state index contributed by atoms with van der Waals surface area (Å²) < 4.78 is 7.33. The van der Waals surface area contributed by atoms with E-state index in [1.807, 2.05) is 54.6 Å². The average Bonchev–Trinajstić information content (AvgIpc) is 3.14. The third-order valence-electron chi connectivity index (χ3n) is 3.32. The van der Waals surface area contributed by atoms with Crippen molar-refractivity contribution in [1.82, 2.24) is 19.6 Å². The first kappa shape index (κ1) is 12.4. The fourth-order valence-corrected chi connectivity index (χ4v) is 2.93. The summed E-state index contributed by atoms with van der Waals surface area (Å²) >= 11 is 1.34. The van der Waals surface area contributed by atoms with E-state index in [1.54, 1.807) is 11.3 Å². The molecule has 1 aliphatic rings. The first-order valence-electron chi connectivity index (χ1n) is 6.48. The maximum Gasteiger partial charge on any atom is 0.137 e. The molecule has 5 nitrogen and oxygen atoms in total. The van der Waals surface area contributed by atoms with Crippen LogP contribution in [0.3, 0.4) is 0 Å². The Balaban J connectivity index is 1.72. The molecule has 0 N–H and O–H groups in total. The van der Waals surface area contributed by atoms with E-state index < -0.39 is 0 Å². The maximum atomic E-state index is 5.30. The third-order valence-corrected chi connectivity index (χ3v) is 4.15. The largest absolute Gasteiger partial charge is 0.300 e. The Morgan fingerprint density at radius 3 is 2.86 bits per heavy atom. The van der Waals surface area contributed by atoms with E-state index in [4.69, 9.17) is 4.28 Å². The summed E-state index contributed by atoms with van der Waals surface area (Å²) in [5, 5.41) is 2.83. The number of nitrogens with zero attached hydrogens (tertiary/aromatic N) is 4. The van der Waals surface area contributed by atoms with Gasteiger partial charge in [-0.25, -0.2) is 4.98 Å². The Morgan fingerprint density at radius 2 is 2.10 bits per heavy atom. The molecule has 104 valence electrons. The predicted octanol–water partition coefficient (Wildman–Crippen LogP) is 3.24. The van der Waals surface area contributed by atoms with Crippen LogP contribution in [0.25, 0.3) is 21.6 Å². The molecular formula is C15H12N4OS. The van der Waals surface area contributed by atoms with E-state index in [0.717, 1.165) is 27.2 Å². The van der Waals surface area contributed by atoms with Gasteiger partial charge in [0.25, 0.3) is 0 Å². The van der Waals surface area contributed by atoms with E-state index in [-0.39, 0.29) is 0 Å². The second-order valence-electron chi connectivity index (χ2n) is 4.72. The molecular weight excluding hydrogens is 284 g/mol. The van der Waals surface area contributed by atoms with Gasteiger partial charge < -0.3 is 0 Å². The van der Waals surface area contributed by atoms with E-state index in [2.05, 4.69) is 16.0 Å². The normalized spacial score (nSPS) is 14.7. The minimum atomic E-state index is 0.875. The molecule has 0 aromatic carbocycles. The van der Waals surface area contributed by atoms with Crippen LogP contribution in [0.4, 0.5) is 0 Å². The summed E-state index contributed by atoms with van der Waals surface area (Å²) in [5.41, 5.74) is 2.10. The number of hydrogen-bond donors (Lipinski definition) is 0. The van der Waals surface area contributed by atoms with Crippen molar-refractivity contribution in [3.63, 3.8) is 0 Å². The highest BCUT2D eigenvalue weighted by molar-refractivity contribution is 8.04. The Morgan fingerprint density at radius 1 is 1.14 bits per heavy atom. The van der Waals surface area contributed by atoms with Crippen molar-refractivity contribution in [2.45, 2.75) is 0 Å². The van der Waals surface area contributed by atoms with Crippen molar-refractivity contribution >= 4 is 27.9 Å². The lowest BCUT2D eigenvalue weighted by molar-refractivity contribution is 0.0593. The van der Waals surface area contributed by atoms with Crippen molar-refractivity contribution < 1.29 is 4.28 Å². The topological polar surface area (TPSA) is 43.2 Å². The van der Waals surface area contributed by atoms with Crippen molar-refractivity contribution in [2.24, 2.45) is 0 Å². The maximum absolute atomic E-state index is 5.30. The van der Waals surface area contributed by atoms with E-state index >= 15 is 0 Å². The second-order valence-corrected chi connectivity index (χ2v) is 5.48. The summed E-state index contributed by atoms with van der Waals surface area (Å²) in [7, 11) is 1.86. The van der Waals surface area contributed by atoms with Crippen LogP contribution in [0.2, 0.25) is 0 Å². The number of rotatable bonds is 2. The predicted molar refractivity (Wildman–Crippen MR) is 83.3 cm³/mol. The van der Waals surface area contributed by atoms with Crippen LogP contribution >= 0.6 is 12.0 Å². The zero-order valence-electron chi connectivity index (χ0n) is 11.3. The summed E-state index contributed by atoms with van der Waals surface area (Å²) in [6.07, 6.45) is 9.45. The summed E-state index contributed by atoms with van der Waals surface area (Å²) in [5.74, 6) is 0.875. The Hall–Kier alpha value is -2.31. The smallest absolute Gasteiger partial charge is 0.137 e. The van der Waals surface area contributed by atoms with E-state index in [9.17, 15) is 0 Å². The average molecular weight is 296 g/mol. The molecule has 6 heteroatoms. The van der Waals surface area contributed by atoms with Gasteiger partial charge in [0.05, 0.1) is 28.7 Å². The van der Waals surface area contributed by atoms with E-state index in [1.165, 1.54) is 12.0 Å². The molecule has 3 aromatic heterocycles. The number of aromatic nitrogens is 3. The third kappa shape index (κ3) is 2.18. The molecule has 0 amide bonds. The molecule has 0 atom stereocenters. The number of fused-ring (bicyclic) bond motifs is 1. The molecule has 0 saturated heterocycles. The Bertz CT molecular complexity index is 825. The molecule has 4 heterocycles. The highest BCUT2D eigenvalue weighted by Gasteiger charge is 2.14. The van der Waals surface area contributed by atoms with Gasteiger partial charge in [-0.2, -0.15) is 4.28 Å². The van der Waals surface area contributed by atoms with Gasteiger partial charge >= 0.3 is 0 Å². The highest BCUT2D eigenvalue weighted by Crippen LogP contribution is 2.34. The van der Waals surface area contributed by atoms with Crippen LogP contribution in [0.15, 0.2) is 55.3 Å². The monoisotopic (exact) mass is 296 g/mol. The van der Waals surface area contributed by atoms with Gasteiger partial charge in [-0.05, 0) is 24.3 Å². The summed E-state index contributed by atoms with van der Waals surface area (Å²) in [4.78, 5) is 9.78. The second kappa shape index (κ2) is 4.91. The van der Waals surface area contributed by atoms with Gasteiger partial charge in [-0.1, -0.05) is 0 Å². The molecule has 0 bridgehead atoms. The van der Waals surface area contributed by atoms with Crippen LogP contribution in [-0.4, -0.2) is 26.6 Å². The zero-order valence-corrected chi connectivity index (χ0v) is 12.1. The fourth-order valence-electron chi connectivity index (χ4n) is 2.28. The first-order chi connectivity index (χ1) is 10.3. The summed E-state index contributed by atoms with van der Waals surface area (Å²) in [6, 6.07) is 8.10. The van der Waals surface area contributed by atoms with Crippen molar-refractivity contribution in [3.05, 3.63) is 60.8 Å². The molecule has 1 aliphatic heterocycles. The molecule has 0 spiro atoms. The number of hydrogen-bond acceptors (Lipinski definition) is 5. The highest BCUT2D eigenvalue weighted by atomic mass is 32.2. The fraction of sp³-hybridized carbons (Fsp3) is 0.0667. The molecule has 0 radical (unpaired) electrons. The van der Waals surface area contributed by atoms with Gasteiger partial charge in [-0.15, -0.1) is 0 Å². The lowest BCUT2D eigenvalue weighted by Gasteiger charge is -2.05. The van der Waals surface area contributed by atoms with Gasteiger partial charge in [0.1, 0.15) is 5.82 Å². The van der Waals surface area contributed by atoms with Gasteiger partial charge in [0.15, 0.2) is 0 Å². The van der Waals surface area contributed by atoms with Gasteiger partial charge in [-0.3, -0.25) is 14.6 Å².